The van der Waals surface area contributed by atoms with Gasteiger partial charge in [0.05, 0.1) is 11.3 Å². The number of benzene rings is 2. The molecule has 0 aliphatic rings. The zero-order valence-corrected chi connectivity index (χ0v) is 12.0. The van der Waals surface area contributed by atoms with Crippen molar-refractivity contribution in [2.24, 2.45) is 0 Å². The van der Waals surface area contributed by atoms with Crippen molar-refractivity contribution < 1.29 is 18.7 Å². The Morgan fingerprint density at radius 3 is 2.52 bits per heavy atom. The van der Waals surface area contributed by atoms with E-state index in [1.807, 2.05) is 0 Å². The van der Waals surface area contributed by atoms with Gasteiger partial charge in [-0.2, -0.15) is 8.78 Å². The maximum absolute atomic E-state index is 12.5. The Kier molecular flexibility index (Phi) is 4.80. The first kappa shape index (κ1) is 15.3. The third-order valence-electron chi connectivity index (χ3n) is 2.85. The van der Waals surface area contributed by atoms with Gasteiger partial charge in [-0.15, -0.1) is 0 Å². The lowest BCUT2D eigenvalue weighted by Crippen LogP contribution is -2.00. The fourth-order valence-corrected chi connectivity index (χ4v) is 2.45. The molecular formula is C15H13F2NO2S. The number of nitrogens with one attached hydrogen (secondary N) is 1. The standard InChI is InChI=1S/C15H13F2NO2S/c1-9-8-10(14(19)20)6-7-11(9)18-12-4-2-3-5-13(12)21-15(16)17/h2-8,15,18H,1H3,(H,19,20). The van der Waals surface area contributed by atoms with Gasteiger partial charge in [-0.3, -0.25) is 0 Å². The van der Waals surface area contributed by atoms with E-state index in [1.165, 1.54) is 12.1 Å². The van der Waals surface area contributed by atoms with Gasteiger partial charge in [-0.05, 0) is 42.8 Å². The van der Waals surface area contributed by atoms with Crippen LogP contribution in [0.25, 0.3) is 0 Å². The molecule has 3 nitrogen and oxygen atoms in total. The molecule has 0 amide bonds. The molecule has 2 N–H and O–H groups in total. The third kappa shape index (κ3) is 3.95. The van der Waals surface area contributed by atoms with E-state index >= 15 is 0 Å². The molecule has 0 unspecified atom stereocenters. The third-order valence-corrected chi connectivity index (χ3v) is 3.63. The minimum absolute atomic E-state index is 0.188. The molecule has 0 saturated heterocycles. The zero-order chi connectivity index (χ0) is 15.4. The van der Waals surface area contributed by atoms with Crippen LogP contribution in [0.4, 0.5) is 20.2 Å². The maximum Gasteiger partial charge on any atom is 0.335 e. The molecule has 0 aliphatic heterocycles. The summed E-state index contributed by atoms with van der Waals surface area (Å²) in [6.07, 6.45) is 0. The zero-order valence-electron chi connectivity index (χ0n) is 11.1. The summed E-state index contributed by atoms with van der Waals surface area (Å²) >= 11 is 0.468. The second kappa shape index (κ2) is 6.58. The van der Waals surface area contributed by atoms with E-state index in [2.05, 4.69) is 5.32 Å². The minimum Gasteiger partial charge on any atom is -0.478 e. The Hall–Kier alpha value is -2.08. The lowest BCUT2D eigenvalue weighted by Gasteiger charge is -2.13. The Balaban J connectivity index is 2.28. The van der Waals surface area contributed by atoms with Crippen LogP contribution in [0, 0.1) is 6.92 Å². The van der Waals surface area contributed by atoms with E-state index in [4.69, 9.17) is 5.11 Å². The van der Waals surface area contributed by atoms with Crippen LogP contribution in [-0.4, -0.2) is 16.8 Å². The molecule has 0 bridgehead atoms. The van der Waals surface area contributed by atoms with E-state index in [0.717, 1.165) is 5.56 Å². The van der Waals surface area contributed by atoms with Crippen LogP contribution in [0.3, 0.4) is 0 Å². The highest BCUT2D eigenvalue weighted by Crippen LogP contribution is 2.34. The van der Waals surface area contributed by atoms with Gasteiger partial charge in [0, 0.05) is 10.6 Å². The molecule has 6 heteroatoms. The molecule has 0 heterocycles. The largest absolute Gasteiger partial charge is 0.478 e. The first-order valence-corrected chi connectivity index (χ1v) is 7.00. The quantitative estimate of drug-likeness (QED) is 0.782. The number of hydrogen-bond acceptors (Lipinski definition) is 3. The number of rotatable bonds is 5. The normalized spacial score (nSPS) is 10.7. The predicted molar refractivity (Wildman–Crippen MR) is 79.7 cm³/mol. The average Bonchev–Trinajstić information content (AvgIpc) is 2.42. The average molecular weight is 309 g/mol. The second-order valence-electron chi connectivity index (χ2n) is 4.33. The van der Waals surface area contributed by atoms with Crippen molar-refractivity contribution in [2.45, 2.75) is 17.6 Å². The minimum atomic E-state index is -2.50. The summed E-state index contributed by atoms with van der Waals surface area (Å²) in [6.45, 7) is 1.76. The van der Waals surface area contributed by atoms with Gasteiger partial charge < -0.3 is 10.4 Å². The first-order chi connectivity index (χ1) is 9.97. The molecule has 0 aliphatic carbocycles. The van der Waals surface area contributed by atoms with E-state index < -0.39 is 11.7 Å². The van der Waals surface area contributed by atoms with Gasteiger partial charge in [0.25, 0.3) is 5.76 Å². The van der Waals surface area contributed by atoms with Crippen LogP contribution in [0.2, 0.25) is 0 Å². The predicted octanol–water partition coefficient (Wildman–Crippen LogP) is 4.75. The van der Waals surface area contributed by atoms with Crippen LogP contribution in [0.5, 0.6) is 0 Å². The number of thioether (sulfide) groups is 1. The number of carboxylic acid groups (broad SMARTS) is 1. The number of carbonyl (C=O) groups is 1. The lowest BCUT2D eigenvalue weighted by atomic mass is 10.1. The molecule has 0 fully saturated rings. The number of alkyl halides is 2. The summed E-state index contributed by atoms with van der Waals surface area (Å²) in [7, 11) is 0. The topological polar surface area (TPSA) is 49.3 Å². The number of anilines is 2. The fraction of sp³-hybridized carbons (Fsp3) is 0.133. The Labute approximate surface area is 125 Å². The van der Waals surface area contributed by atoms with Crippen molar-refractivity contribution in [3.8, 4) is 0 Å². The highest BCUT2D eigenvalue weighted by Gasteiger charge is 2.11. The summed E-state index contributed by atoms with van der Waals surface area (Å²) < 4.78 is 25.1. The maximum atomic E-state index is 12.5. The number of aryl methyl sites for hydroxylation is 1. The number of halogens is 2. The molecule has 21 heavy (non-hydrogen) atoms. The molecule has 0 saturated carbocycles. The summed E-state index contributed by atoms with van der Waals surface area (Å²) in [5.41, 5.74) is 2.16. The lowest BCUT2D eigenvalue weighted by molar-refractivity contribution is 0.0697. The van der Waals surface area contributed by atoms with E-state index in [-0.39, 0.29) is 5.56 Å². The van der Waals surface area contributed by atoms with Crippen LogP contribution < -0.4 is 5.32 Å². The smallest absolute Gasteiger partial charge is 0.335 e. The Bertz CT molecular complexity index is 662. The summed E-state index contributed by atoms with van der Waals surface area (Å²) in [5, 5.41) is 12.0. The molecule has 2 aromatic rings. The van der Waals surface area contributed by atoms with Gasteiger partial charge in [0.15, 0.2) is 0 Å². The van der Waals surface area contributed by atoms with Gasteiger partial charge in [-0.1, -0.05) is 23.9 Å². The monoisotopic (exact) mass is 309 g/mol. The SMILES string of the molecule is Cc1cc(C(=O)O)ccc1Nc1ccccc1SC(F)F. The van der Waals surface area contributed by atoms with Gasteiger partial charge >= 0.3 is 5.97 Å². The number of para-hydroxylation sites is 1. The summed E-state index contributed by atoms with van der Waals surface area (Å²) in [6, 6.07) is 11.4. The molecule has 2 aromatic carbocycles. The highest BCUT2D eigenvalue weighted by atomic mass is 32.2. The Morgan fingerprint density at radius 1 is 1.19 bits per heavy atom. The van der Waals surface area contributed by atoms with Gasteiger partial charge in [0.1, 0.15) is 0 Å². The molecule has 0 radical (unpaired) electrons. The van der Waals surface area contributed by atoms with Crippen LogP contribution >= 0.6 is 11.8 Å². The van der Waals surface area contributed by atoms with Crippen molar-refractivity contribution in [3.05, 3.63) is 53.6 Å². The molecule has 0 atom stereocenters. The van der Waals surface area contributed by atoms with E-state index in [9.17, 15) is 13.6 Å². The van der Waals surface area contributed by atoms with Crippen molar-refractivity contribution in [1.29, 1.82) is 0 Å². The van der Waals surface area contributed by atoms with Crippen LogP contribution in [0.15, 0.2) is 47.4 Å². The van der Waals surface area contributed by atoms with Crippen molar-refractivity contribution in [3.63, 3.8) is 0 Å². The number of hydrogen-bond donors (Lipinski definition) is 2. The highest BCUT2D eigenvalue weighted by molar-refractivity contribution is 7.99. The van der Waals surface area contributed by atoms with Crippen molar-refractivity contribution >= 4 is 29.1 Å². The molecule has 2 rings (SSSR count). The molecule has 0 aromatic heterocycles. The van der Waals surface area contributed by atoms with Gasteiger partial charge in [-0.25, -0.2) is 4.79 Å². The van der Waals surface area contributed by atoms with Gasteiger partial charge in [0.2, 0.25) is 0 Å². The molecular weight excluding hydrogens is 296 g/mol. The molecule has 0 spiro atoms. The number of carboxylic acids is 1. The summed E-state index contributed by atoms with van der Waals surface area (Å²) in [4.78, 5) is 11.3. The van der Waals surface area contributed by atoms with Crippen molar-refractivity contribution in [1.82, 2.24) is 0 Å². The van der Waals surface area contributed by atoms with Crippen LogP contribution in [0.1, 0.15) is 15.9 Å². The van der Waals surface area contributed by atoms with Crippen LogP contribution in [-0.2, 0) is 0 Å². The summed E-state index contributed by atoms with van der Waals surface area (Å²) in [5.74, 6) is -3.50. The fourth-order valence-electron chi connectivity index (χ4n) is 1.85. The number of aromatic carboxylic acids is 1. The first-order valence-electron chi connectivity index (χ1n) is 6.12. The Morgan fingerprint density at radius 2 is 1.90 bits per heavy atom. The molecule has 110 valence electrons. The second-order valence-corrected chi connectivity index (χ2v) is 5.37. The van der Waals surface area contributed by atoms with E-state index in [0.29, 0.717) is 28.0 Å². The van der Waals surface area contributed by atoms with Crippen molar-refractivity contribution in [2.75, 3.05) is 5.32 Å². The van der Waals surface area contributed by atoms with E-state index in [1.54, 1.807) is 37.3 Å².